The first-order valence-corrected chi connectivity index (χ1v) is 9.28. The van der Waals surface area contributed by atoms with Gasteiger partial charge in [-0.25, -0.2) is 0 Å². The molecule has 0 fully saturated rings. The molecule has 0 aliphatic heterocycles. The second-order valence-corrected chi connectivity index (χ2v) is 6.82. The Morgan fingerprint density at radius 1 is 1.18 bits per heavy atom. The smallest absolute Gasteiger partial charge is 0.257 e. The summed E-state index contributed by atoms with van der Waals surface area (Å²) >= 11 is 0. The summed E-state index contributed by atoms with van der Waals surface area (Å²) in [6, 6.07) is 3.99. The number of allylic oxidation sites excluding steroid dienone is 1. The zero-order chi connectivity index (χ0) is 21.0. The summed E-state index contributed by atoms with van der Waals surface area (Å²) in [6.45, 7) is 8.04. The fourth-order valence-corrected chi connectivity index (χ4v) is 3.22. The second kappa shape index (κ2) is 8.83. The zero-order valence-electron chi connectivity index (χ0n) is 17.9. The van der Waals surface area contributed by atoms with Gasteiger partial charge in [0.05, 0.1) is 14.2 Å². The highest BCUT2D eigenvalue weighted by atomic mass is 16.5. The number of ether oxygens (including phenoxy) is 2. The molecule has 28 heavy (non-hydrogen) atoms. The molecule has 0 N–H and O–H groups in total. The SMILES string of the molecule is C=C(/C=c1/c(-c2cc(OC)c(CC)c(OC)c2)cn(C)c(=O)/c1=C/C)N(C)C. The lowest BCUT2D eigenvalue weighted by Crippen LogP contribution is -2.45. The highest BCUT2D eigenvalue weighted by Crippen LogP contribution is 2.34. The Labute approximate surface area is 166 Å². The van der Waals surface area contributed by atoms with E-state index in [1.54, 1.807) is 25.8 Å². The van der Waals surface area contributed by atoms with Gasteiger partial charge in [-0.3, -0.25) is 4.79 Å². The molecule has 1 heterocycles. The van der Waals surface area contributed by atoms with Crippen LogP contribution in [0.2, 0.25) is 0 Å². The third-order valence-corrected chi connectivity index (χ3v) is 4.90. The molecular formula is C23H30N2O3. The molecule has 1 aromatic heterocycles. The van der Waals surface area contributed by atoms with Crippen LogP contribution >= 0.6 is 0 Å². The summed E-state index contributed by atoms with van der Waals surface area (Å²) in [5, 5.41) is 1.47. The fourth-order valence-electron chi connectivity index (χ4n) is 3.22. The number of aromatic nitrogens is 1. The van der Waals surface area contributed by atoms with Crippen LogP contribution in [-0.4, -0.2) is 37.8 Å². The van der Waals surface area contributed by atoms with Gasteiger partial charge in [0.25, 0.3) is 5.56 Å². The predicted molar refractivity (Wildman–Crippen MR) is 116 cm³/mol. The van der Waals surface area contributed by atoms with Crippen molar-refractivity contribution in [3.63, 3.8) is 0 Å². The topological polar surface area (TPSA) is 43.7 Å². The van der Waals surface area contributed by atoms with Crippen molar-refractivity contribution in [2.24, 2.45) is 7.05 Å². The number of rotatable bonds is 6. The van der Waals surface area contributed by atoms with Crippen LogP contribution in [0.4, 0.5) is 0 Å². The molecule has 150 valence electrons. The minimum atomic E-state index is -0.0480. The molecule has 0 bridgehead atoms. The minimum absolute atomic E-state index is 0.0480. The molecule has 0 aliphatic rings. The molecular weight excluding hydrogens is 352 g/mol. The summed E-state index contributed by atoms with van der Waals surface area (Å²) in [6.07, 6.45) is 6.43. The van der Waals surface area contributed by atoms with Gasteiger partial charge >= 0.3 is 0 Å². The van der Waals surface area contributed by atoms with Crippen molar-refractivity contribution < 1.29 is 9.47 Å². The number of pyridine rings is 1. The normalized spacial score (nSPS) is 12.2. The van der Waals surface area contributed by atoms with Crippen molar-refractivity contribution >= 4 is 12.2 Å². The predicted octanol–water partition coefficient (Wildman–Crippen LogP) is 2.29. The summed E-state index contributed by atoms with van der Waals surface area (Å²) in [4.78, 5) is 14.6. The lowest BCUT2D eigenvalue weighted by Gasteiger charge is -2.16. The summed E-state index contributed by atoms with van der Waals surface area (Å²) < 4.78 is 12.8. The van der Waals surface area contributed by atoms with Gasteiger partial charge in [0.2, 0.25) is 0 Å². The van der Waals surface area contributed by atoms with Gasteiger partial charge in [0, 0.05) is 49.4 Å². The van der Waals surface area contributed by atoms with Gasteiger partial charge in [-0.2, -0.15) is 0 Å². The monoisotopic (exact) mass is 382 g/mol. The summed E-state index contributed by atoms with van der Waals surface area (Å²) in [5.74, 6) is 1.54. The molecule has 1 aromatic carbocycles. The molecule has 5 nitrogen and oxygen atoms in total. The van der Waals surface area contributed by atoms with E-state index >= 15 is 0 Å². The Morgan fingerprint density at radius 3 is 2.18 bits per heavy atom. The second-order valence-electron chi connectivity index (χ2n) is 6.82. The molecule has 5 heteroatoms. The summed E-state index contributed by atoms with van der Waals surface area (Å²) in [7, 11) is 8.93. The van der Waals surface area contributed by atoms with Gasteiger partial charge in [-0.05, 0) is 42.3 Å². The van der Waals surface area contributed by atoms with Crippen molar-refractivity contribution in [1.29, 1.82) is 0 Å². The van der Waals surface area contributed by atoms with Gasteiger partial charge in [0.15, 0.2) is 0 Å². The van der Waals surface area contributed by atoms with E-state index in [9.17, 15) is 4.79 Å². The van der Waals surface area contributed by atoms with Crippen LogP contribution < -0.4 is 25.5 Å². The average molecular weight is 383 g/mol. The third kappa shape index (κ3) is 3.98. The van der Waals surface area contributed by atoms with E-state index < -0.39 is 0 Å². The number of methoxy groups -OCH3 is 2. The molecule has 0 amide bonds. The Bertz CT molecular complexity index is 1040. The van der Waals surface area contributed by atoms with E-state index in [0.29, 0.717) is 5.22 Å². The molecule has 0 spiro atoms. The maximum atomic E-state index is 12.7. The molecule has 0 unspecified atom stereocenters. The number of benzene rings is 1. The van der Waals surface area contributed by atoms with Crippen LogP contribution in [0.25, 0.3) is 23.3 Å². The maximum absolute atomic E-state index is 12.7. The number of hydrogen-bond donors (Lipinski definition) is 0. The first-order valence-electron chi connectivity index (χ1n) is 9.28. The van der Waals surface area contributed by atoms with Crippen LogP contribution in [0.1, 0.15) is 19.4 Å². The Morgan fingerprint density at radius 2 is 1.75 bits per heavy atom. The first-order chi connectivity index (χ1) is 13.3. The average Bonchev–Trinajstić information content (AvgIpc) is 2.69. The number of hydrogen-bond acceptors (Lipinski definition) is 4. The lowest BCUT2D eigenvalue weighted by atomic mass is 9.99. The molecule has 0 atom stereocenters. The number of nitrogens with zero attached hydrogens (tertiary/aromatic N) is 2. The van der Waals surface area contributed by atoms with Gasteiger partial charge in [-0.15, -0.1) is 0 Å². The van der Waals surface area contributed by atoms with Crippen molar-refractivity contribution in [1.82, 2.24) is 9.47 Å². The Hall–Kier alpha value is -2.95. The Balaban J connectivity index is 3.00. The van der Waals surface area contributed by atoms with E-state index in [2.05, 4.69) is 13.5 Å². The van der Waals surface area contributed by atoms with E-state index in [1.807, 2.05) is 56.4 Å². The molecule has 0 aliphatic carbocycles. The number of aryl methyl sites for hydroxylation is 1. The molecule has 2 rings (SSSR count). The molecule has 2 aromatic rings. The van der Waals surface area contributed by atoms with E-state index in [0.717, 1.165) is 45.5 Å². The van der Waals surface area contributed by atoms with Gasteiger partial charge in [-0.1, -0.05) is 19.6 Å². The van der Waals surface area contributed by atoms with Gasteiger partial charge in [0.1, 0.15) is 11.5 Å². The zero-order valence-corrected chi connectivity index (χ0v) is 17.9. The fraction of sp³-hybridized carbons (Fsp3) is 0.348. The Kier molecular flexibility index (Phi) is 6.73. The first kappa shape index (κ1) is 21.4. The van der Waals surface area contributed by atoms with E-state index in [1.165, 1.54) is 0 Å². The van der Waals surface area contributed by atoms with Crippen molar-refractivity contribution in [2.75, 3.05) is 28.3 Å². The molecule has 0 saturated heterocycles. The van der Waals surface area contributed by atoms with Crippen molar-refractivity contribution in [2.45, 2.75) is 20.3 Å². The van der Waals surface area contributed by atoms with Crippen molar-refractivity contribution in [3.8, 4) is 22.6 Å². The maximum Gasteiger partial charge on any atom is 0.257 e. The van der Waals surface area contributed by atoms with Crippen LogP contribution in [0.15, 0.2) is 35.4 Å². The summed E-state index contributed by atoms with van der Waals surface area (Å²) in [5.41, 5.74) is 3.61. The third-order valence-electron chi connectivity index (χ3n) is 4.90. The molecule has 0 radical (unpaired) electrons. The van der Waals surface area contributed by atoms with E-state index in [4.69, 9.17) is 9.47 Å². The highest BCUT2D eigenvalue weighted by molar-refractivity contribution is 5.71. The standard InChI is InChI=1S/C23H30N2O3/c1-9-17-19(11-15(3)24(4)5)20(14-25(6)23(17)26)16-12-21(27-7)18(10-2)22(13-16)28-8/h9,11-14H,3,10H2,1-2,4-8H3/b17-9+,19-11+. The minimum Gasteiger partial charge on any atom is -0.496 e. The van der Waals surface area contributed by atoms with Crippen molar-refractivity contribution in [3.05, 3.63) is 57.0 Å². The largest absolute Gasteiger partial charge is 0.496 e. The highest BCUT2D eigenvalue weighted by Gasteiger charge is 2.14. The van der Waals surface area contributed by atoms with Crippen LogP contribution in [0, 0.1) is 0 Å². The van der Waals surface area contributed by atoms with Crippen LogP contribution in [-0.2, 0) is 13.5 Å². The van der Waals surface area contributed by atoms with Crippen LogP contribution in [0.3, 0.4) is 0 Å². The van der Waals surface area contributed by atoms with E-state index in [-0.39, 0.29) is 5.56 Å². The quantitative estimate of drug-likeness (QED) is 0.769. The lowest BCUT2D eigenvalue weighted by molar-refractivity contribution is 0.386. The van der Waals surface area contributed by atoms with Gasteiger partial charge < -0.3 is 18.9 Å². The van der Waals surface area contributed by atoms with Crippen LogP contribution in [0.5, 0.6) is 11.5 Å². The molecule has 0 saturated carbocycles.